The van der Waals surface area contributed by atoms with Gasteiger partial charge in [0.2, 0.25) is 0 Å². The number of hydrogen-bond donors (Lipinski definition) is 1. The molecule has 0 saturated heterocycles. The van der Waals surface area contributed by atoms with Crippen molar-refractivity contribution in [3.8, 4) is 11.8 Å². The van der Waals surface area contributed by atoms with E-state index in [2.05, 4.69) is 54.0 Å². The van der Waals surface area contributed by atoms with Crippen LogP contribution < -0.4 is 0 Å². The van der Waals surface area contributed by atoms with E-state index in [4.69, 9.17) is 9.90 Å². The summed E-state index contributed by atoms with van der Waals surface area (Å²) >= 11 is 0. The SMILES string of the molecule is Cc1ccc(C)c(C#Cc2cnc3cccnn23)c1.O=CO. The highest BCUT2D eigenvalue weighted by Crippen LogP contribution is 2.09. The number of fused-ring (bicyclic) bond motifs is 1. The van der Waals surface area contributed by atoms with Crippen molar-refractivity contribution >= 4 is 12.1 Å². The molecule has 0 spiro atoms. The third kappa shape index (κ3) is 3.49. The van der Waals surface area contributed by atoms with E-state index >= 15 is 0 Å². The van der Waals surface area contributed by atoms with E-state index < -0.39 is 0 Å². The fraction of sp³-hybridized carbons (Fsp3) is 0.118. The molecule has 0 radical (unpaired) electrons. The quantitative estimate of drug-likeness (QED) is 0.510. The van der Waals surface area contributed by atoms with Crippen LogP contribution in [-0.4, -0.2) is 26.2 Å². The van der Waals surface area contributed by atoms with Crippen LogP contribution in [0.4, 0.5) is 0 Å². The number of hydrogen-bond acceptors (Lipinski definition) is 3. The predicted molar refractivity (Wildman–Crippen MR) is 83.6 cm³/mol. The normalized spacial score (nSPS) is 9.36. The summed E-state index contributed by atoms with van der Waals surface area (Å²) in [5.41, 5.74) is 5.06. The number of aromatic nitrogens is 3. The molecule has 0 aliphatic heterocycles. The summed E-state index contributed by atoms with van der Waals surface area (Å²) in [4.78, 5) is 12.6. The standard InChI is InChI=1S/C16H13N3.CH2O2/c1-12-5-6-13(2)14(10-12)7-8-15-11-17-16-4-3-9-18-19(15)16;2-1-3/h3-6,9-11H,1-2H3;1H,(H,2,3). The molecule has 1 aromatic carbocycles. The third-order valence-electron chi connectivity index (χ3n) is 3.00. The average Bonchev–Trinajstić information content (AvgIpc) is 2.92. The van der Waals surface area contributed by atoms with Crippen molar-refractivity contribution in [2.75, 3.05) is 0 Å². The Hall–Kier alpha value is -3.13. The Kier molecular flexibility index (Phi) is 4.89. The van der Waals surface area contributed by atoms with Crippen molar-refractivity contribution in [3.63, 3.8) is 0 Å². The molecule has 2 aromatic heterocycles. The number of benzene rings is 1. The van der Waals surface area contributed by atoms with Crippen molar-refractivity contribution in [1.29, 1.82) is 0 Å². The van der Waals surface area contributed by atoms with Gasteiger partial charge in [-0.2, -0.15) is 5.10 Å². The molecule has 0 aliphatic carbocycles. The molecule has 0 saturated carbocycles. The van der Waals surface area contributed by atoms with Gasteiger partial charge in [0.05, 0.1) is 6.20 Å². The summed E-state index contributed by atoms with van der Waals surface area (Å²) in [5, 5.41) is 11.1. The molecule has 5 heteroatoms. The van der Waals surface area contributed by atoms with Crippen LogP contribution >= 0.6 is 0 Å². The monoisotopic (exact) mass is 293 g/mol. The number of nitrogens with zero attached hydrogens (tertiary/aromatic N) is 3. The Bertz CT molecular complexity index is 857. The van der Waals surface area contributed by atoms with Crippen LogP contribution in [0.5, 0.6) is 0 Å². The lowest BCUT2D eigenvalue weighted by Crippen LogP contribution is -1.92. The fourth-order valence-electron chi connectivity index (χ4n) is 1.92. The number of aryl methyl sites for hydroxylation is 2. The van der Waals surface area contributed by atoms with E-state index in [0.29, 0.717) is 0 Å². The van der Waals surface area contributed by atoms with Crippen molar-refractivity contribution in [2.45, 2.75) is 13.8 Å². The summed E-state index contributed by atoms with van der Waals surface area (Å²) in [6.07, 6.45) is 3.48. The van der Waals surface area contributed by atoms with Crippen molar-refractivity contribution in [2.24, 2.45) is 0 Å². The van der Waals surface area contributed by atoms with Gasteiger partial charge in [0.15, 0.2) is 5.65 Å². The summed E-state index contributed by atoms with van der Waals surface area (Å²) in [6, 6.07) is 10.1. The molecule has 0 amide bonds. The molecule has 22 heavy (non-hydrogen) atoms. The lowest BCUT2D eigenvalue weighted by molar-refractivity contribution is -0.122. The van der Waals surface area contributed by atoms with Crippen molar-refractivity contribution in [1.82, 2.24) is 14.6 Å². The van der Waals surface area contributed by atoms with Crippen molar-refractivity contribution < 1.29 is 9.90 Å². The second-order valence-corrected chi connectivity index (χ2v) is 4.61. The van der Waals surface area contributed by atoms with Crippen LogP contribution in [0, 0.1) is 25.7 Å². The topological polar surface area (TPSA) is 67.5 Å². The van der Waals surface area contributed by atoms with Gasteiger partial charge < -0.3 is 5.11 Å². The first-order valence-electron chi connectivity index (χ1n) is 6.61. The Morgan fingerprint density at radius 3 is 2.77 bits per heavy atom. The van der Waals surface area contributed by atoms with E-state index in [9.17, 15) is 0 Å². The Morgan fingerprint density at radius 2 is 2.00 bits per heavy atom. The van der Waals surface area contributed by atoms with E-state index in [1.54, 1.807) is 16.9 Å². The van der Waals surface area contributed by atoms with Gasteiger partial charge in [-0.15, -0.1) is 0 Å². The lowest BCUT2D eigenvalue weighted by Gasteiger charge is -1.98. The molecule has 0 aliphatic rings. The first-order valence-corrected chi connectivity index (χ1v) is 6.61. The highest BCUT2D eigenvalue weighted by atomic mass is 16.3. The molecule has 3 aromatic rings. The molecule has 2 heterocycles. The van der Waals surface area contributed by atoms with Gasteiger partial charge in [-0.3, -0.25) is 4.79 Å². The average molecular weight is 293 g/mol. The van der Waals surface area contributed by atoms with Crippen LogP contribution in [0.1, 0.15) is 22.4 Å². The minimum Gasteiger partial charge on any atom is -0.483 e. The maximum atomic E-state index is 8.36. The van der Waals surface area contributed by atoms with Crippen LogP contribution in [-0.2, 0) is 4.79 Å². The van der Waals surface area contributed by atoms with Crippen LogP contribution in [0.2, 0.25) is 0 Å². The Labute approximate surface area is 128 Å². The van der Waals surface area contributed by atoms with E-state index in [1.165, 1.54) is 11.1 Å². The zero-order chi connectivity index (χ0) is 15.9. The zero-order valence-electron chi connectivity index (χ0n) is 12.3. The van der Waals surface area contributed by atoms with Gasteiger partial charge in [-0.25, -0.2) is 9.50 Å². The molecule has 3 rings (SSSR count). The molecular formula is C17H15N3O2. The van der Waals surface area contributed by atoms with Crippen molar-refractivity contribution in [3.05, 3.63) is 65.1 Å². The maximum absolute atomic E-state index is 8.36. The molecule has 0 fully saturated rings. The molecule has 5 nitrogen and oxygen atoms in total. The third-order valence-corrected chi connectivity index (χ3v) is 3.00. The molecule has 0 atom stereocenters. The number of carboxylic acid groups (broad SMARTS) is 1. The van der Waals surface area contributed by atoms with Gasteiger partial charge in [0.25, 0.3) is 6.47 Å². The zero-order valence-corrected chi connectivity index (χ0v) is 12.3. The minimum absolute atomic E-state index is 0.250. The largest absolute Gasteiger partial charge is 0.483 e. The molecule has 0 unspecified atom stereocenters. The van der Waals surface area contributed by atoms with Gasteiger partial charge in [0.1, 0.15) is 5.69 Å². The molecular weight excluding hydrogens is 278 g/mol. The van der Waals surface area contributed by atoms with Crippen LogP contribution in [0.25, 0.3) is 5.65 Å². The Morgan fingerprint density at radius 1 is 1.23 bits per heavy atom. The summed E-state index contributed by atoms with van der Waals surface area (Å²) in [7, 11) is 0. The number of carbonyl (C=O) groups is 1. The van der Waals surface area contributed by atoms with Gasteiger partial charge in [-0.05, 0) is 49.1 Å². The van der Waals surface area contributed by atoms with E-state index in [1.807, 2.05) is 12.1 Å². The Balaban J connectivity index is 0.000000545. The van der Waals surface area contributed by atoms with Gasteiger partial charge in [-0.1, -0.05) is 18.1 Å². The number of imidazole rings is 1. The van der Waals surface area contributed by atoms with Crippen LogP contribution in [0.3, 0.4) is 0 Å². The van der Waals surface area contributed by atoms with Gasteiger partial charge in [0, 0.05) is 11.8 Å². The second kappa shape index (κ2) is 7.04. The van der Waals surface area contributed by atoms with Crippen LogP contribution in [0.15, 0.2) is 42.7 Å². The maximum Gasteiger partial charge on any atom is 0.290 e. The highest BCUT2D eigenvalue weighted by molar-refractivity contribution is 5.48. The summed E-state index contributed by atoms with van der Waals surface area (Å²) in [6.45, 7) is 3.89. The smallest absolute Gasteiger partial charge is 0.290 e. The molecule has 1 N–H and O–H groups in total. The van der Waals surface area contributed by atoms with Gasteiger partial charge >= 0.3 is 0 Å². The predicted octanol–water partition coefficient (Wildman–Crippen LogP) is 2.45. The fourth-order valence-corrected chi connectivity index (χ4v) is 1.92. The lowest BCUT2D eigenvalue weighted by atomic mass is 10.1. The second-order valence-electron chi connectivity index (χ2n) is 4.61. The summed E-state index contributed by atoms with van der Waals surface area (Å²) < 4.78 is 1.75. The number of rotatable bonds is 0. The highest BCUT2D eigenvalue weighted by Gasteiger charge is 2.00. The first-order chi connectivity index (χ1) is 10.7. The first kappa shape index (κ1) is 15.3. The van der Waals surface area contributed by atoms with E-state index in [0.717, 1.165) is 16.9 Å². The molecule has 0 bridgehead atoms. The summed E-state index contributed by atoms with van der Waals surface area (Å²) in [5.74, 6) is 6.34. The molecule has 110 valence electrons. The van der Waals surface area contributed by atoms with E-state index in [-0.39, 0.29) is 6.47 Å². The minimum atomic E-state index is -0.250.